The van der Waals surface area contributed by atoms with E-state index in [0.29, 0.717) is 25.2 Å². The average Bonchev–Trinajstić information content (AvgIpc) is 3.24. The first-order valence-corrected chi connectivity index (χ1v) is 7.37. The average molecular weight is 314 g/mol. The summed E-state index contributed by atoms with van der Waals surface area (Å²) < 4.78 is 6.75. The summed E-state index contributed by atoms with van der Waals surface area (Å²) in [5, 5.41) is 4.32. The maximum absolute atomic E-state index is 12.4. The molecule has 1 saturated heterocycles. The van der Waals surface area contributed by atoms with Crippen LogP contribution < -0.4 is 10.5 Å². The molecular formula is C16H18N4O3. The van der Waals surface area contributed by atoms with Crippen molar-refractivity contribution >= 4 is 11.8 Å². The lowest BCUT2D eigenvalue weighted by Gasteiger charge is -2.14. The van der Waals surface area contributed by atoms with Crippen LogP contribution in [-0.2, 0) is 4.79 Å². The first-order chi connectivity index (χ1) is 11.1. The van der Waals surface area contributed by atoms with Gasteiger partial charge >= 0.3 is 0 Å². The quantitative estimate of drug-likeness (QED) is 0.905. The van der Waals surface area contributed by atoms with Crippen molar-refractivity contribution in [3.8, 4) is 11.4 Å². The topological polar surface area (TPSA) is 90.5 Å². The molecule has 0 unspecified atom stereocenters. The number of likely N-dealkylation sites (tertiary alicyclic amines) is 1. The highest BCUT2D eigenvalue weighted by Crippen LogP contribution is 2.19. The van der Waals surface area contributed by atoms with Gasteiger partial charge in [-0.2, -0.15) is 5.10 Å². The van der Waals surface area contributed by atoms with Crippen LogP contribution in [0.1, 0.15) is 16.9 Å². The largest absolute Gasteiger partial charge is 0.497 e. The van der Waals surface area contributed by atoms with Crippen molar-refractivity contribution in [2.24, 2.45) is 11.7 Å². The lowest BCUT2D eigenvalue weighted by molar-refractivity contribution is -0.121. The van der Waals surface area contributed by atoms with Crippen molar-refractivity contribution in [1.29, 1.82) is 0 Å². The third-order valence-electron chi connectivity index (χ3n) is 4.02. The molecule has 2 amide bonds. The standard InChI is InChI=1S/C16H18N4O3/c1-23-13-4-2-12(3-5-13)20-9-7-14(18-20)16(22)19-8-6-11(10-19)15(17)21/h2-5,7,9,11H,6,8,10H2,1H3,(H2,17,21)/t11-/m0/s1. The van der Waals surface area contributed by atoms with Gasteiger partial charge in [0.2, 0.25) is 5.91 Å². The summed E-state index contributed by atoms with van der Waals surface area (Å²) in [5.41, 5.74) is 6.48. The minimum atomic E-state index is -0.357. The number of aromatic nitrogens is 2. The molecule has 2 N–H and O–H groups in total. The van der Waals surface area contributed by atoms with E-state index in [2.05, 4.69) is 5.10 Å². The van der Waals surface area contributed by atoms with Crippen LogP contribution in [0.2, 0.25) is 0 Å². The Bertz CT molecular complexity index is 723. The SMILES string of the molecule is COc1ccc(-n2ccc(C(=O)N3CC[C@H](C(N)=O)C3)n2)cc1. The Balaban J connectivity index is 1.73. The van der Waals surface area contributed by atoms with E-state index in [1.54, 1.807) is 29.0 Å². The van der Waals surface area contributed by atoms with E-state index in [0.717, 1.165) is 11.4 Å². The van der Waals surface area contributed by atoms with Gasteiger partial charge in [0, 0.05) is 19.3 Å². The van der Waals surface area contributed by atoms with Gasteiger partial charge in [0.05, 0.1) is 18.7 Å². The third-order valence-corrected chi connectivity index (χ3v) is 4.02. The molecule has 23 heavy (non-hydrogen) atoms. The summed E-state index contributed by atoms with van der Waals surface area (Å²) >= 11 is 0. The summed E-state index contributed by atoms with van der Waals surface area (Å²) in [4.78, 5) is 25.3. The Morgan fingerprint density at radius 3 is 2.61 bits per heavy atom. The van der Waals surface area contributed by atoms with Crippen LogP contribution in [0.25, 0.3) is 5.69 Å². The van der Waals surface area contributed by atoms with Crippen molar-refractivity contribution in [2.75, 3.05) is 20.2 Å². The lowest BCUT2D eigenvalue weighted by Crippen LogP contribution is -2.32. The number of carbonyl (C=O) groups excluding carboxylic acids is 2. The number of methoxy groups -OCH3 is 1. The van der Waals surface area contributed by atoms with E-state index in [1.807, 2.05) is 24.3 Å². The fourth-order valence-electron chi connectivity index (χ4n) is 2.66. The molecule has 0 radical (unpaired) electrons. The summed E-state index contributed by atoms with van der Waals surface area (Å²) in [6, 6.07) is 9.05. The van der Waals surface area contributed by atoms with Gasteiger partial charge in [0.25, 0.3) is 5.91 Å². The fourth-order valence-corrected chi connectivity index (χ4v) is 2.66. The van der Waals surface area contributed by atoms with Crippen LogP contribution in [0.5, 0.6) is 5.75 Å². The fraction of sp³-hybridized carbons (Fsp3) is 0.312. The summed E-state index contributed by atoms with van der Waals surface area (Å²) in [7, 11) is 1.61. The Labute approximate surface area is 133 Å². The molecule has 1 atom stereocenters. The van der Waals surface area contributed by atoms with Crippen molar-refractivity contribution in [3.05, 3.63) is 42.2 Å². The highest BCUT2D eigenvalue weighted by atomic mass is 16.5. The van der Waals surface area contributed by atoms with Crippen LogP contribution in [0, 0.1) is 5.92 Å². The Kier molecular flexibility index (Phi) is 4.01. The number of rotatable bonds is 4. The molecule has 2 aromatic rings. The predicted octanol–water partition coefficient (Wildman–Crippen LogP) is 0.828. The van der Waals surface area contributed by atoms with E-state index in [1.165, 1.54) is 0 Å². The molecule has 0 spiro atoms. The Morgan fingerprint density at radius 2 is 2.00 bits per heavy atom. The van der Waals surface area contributed by atoms with Gasteiger partial charge in [-0.1, -0.05) is 0 Å². The first kappa shape index (κ1) is 15.1. The maximum Gasteiger partial charge on any atom is 0.274 e. The second kappa shape index (κ2) is 6.12. The number of ether oxygens (including phenoxy) is 1. The molecule has 1 aromatic carbocycles. The van der Waals surface area contributed by atoms with Gasteiger partial charge < -0.3 is 15.4 Å². The molecular weight excluding hydrogens is 296 g/mol. The van der Waals surface area contributed by atoms with Crippen LogP contribution in [0.3, 0.4) is 0 Å². The zero-order chi connectivity index (χ0) is 16.4. The highest BCUT2D eigenvalue weighted by Gasteiger charge is 2.31. The van der Waals surface area contributed by atoms with Gasteiger partial charge in [0.1, 0.15) is 5.75 Å². The highest BCUT2D eigenvalue weighted by molar-refractivity contribution is 5.93. The molecule has 1 aromatic heterocycles. The molecule has 0 saturated carbocycles. The second-order valence-corrected chi connectivity index (χ2v) is 5.48. The monoisotopic (exact) mass is 314 g/mol. The lowest BCUT2D eigenvalue weighted by atomic mass is 10.1. The second-order valence-electron chi connectivity index (χ2n) is 5.48. The molecule has 3 rings (SSSR count). The number of nitrogens with two attached hydrogens (primary N) is 1. The Hall–Kier alpha value is -2.83. The number of primary amides is 1. The maximum atomic E-state index is 12.4. The summed E-state index contributed by atoms with van der Waals surface area (Å²) in [6.07, 6.45) is 2.34. The third kappa shape index (κ3) is 3.03. The van der Waals surface area contributed by atoms with Crippen LogP contribution in [0.15, 0.2) is 36.5 Å². The van der Waals surface area contributed by atoms with Crippen LogP contribution in [-0.4, -0.2) is 46.7 Å². The van der Waals surface area contributed by atoms with Gasteiger partial charge in [-0.3, -0.25) is 9.59 Å². The predicted molar refractivity (Wildman–Crippen MR) is 83.3 cm³/mol. The number of carbonyl (C=O) groups is 2. The summed E-state index contributed by atoms with van der Waals surface area (Å²) in [6.45, 7) is 0.894. The number of hydrogen-bond acceptors (Lipinski definition) is 4. The smallest absolute Gasteiger partial charge is 0.274 e. The number of nitrogens with zero attached hydrogens (tertiary/aromatic N) is 3. The molecule has 0 aliphatic carbocycles. The minimum Gasteiger partial charge on any atom is -0.497 e. The molecule has 7 heteroatoms. The van der Waals surface area contributed by atoms with Gasteiger partial charge in [0.15, 0.2) is 5.69 Å². The van der Waals surface area contributed by atoms with Crippen molar-refractivity contribution in [2.45, 2.75) is 6.42 Å². The van der Waals surface area contributed by atoms with E-state index >= 15 is 0 Å². The van der Waals surface area contributed by atoms with E-state index in [-0.39, 0.29) is 17.7 Å². The molecule has 0 bridgehead atoms. The zero-order valence-electron chi connectivity index (χ0n) is 12.8. The van der Waals surface area contributed by atoms with Gasteiger partial charge in [-0.25, -0.2) is 4.68 Å². The molecule has 7 nitrogen and oxygen atoms in total. The molecule has 2 heterocycles. The van der Waals surface area contributed by atoms with E-state index < -0.39 is 0 Å². The molecule has 1 fully saturated rings. The van der Waals surface area contributed by atoms with Crippen LogP contribution in [0.4, 0.5) is 0 Å². The molecule has 1 aliphatic heterocycles. The molecule has 1 aliphatic rings. The number of benzene rings is 1. The zero-order valence-corrected chi connectivity index (χ0v) is 12.8. The minimum absolute atomic E-state index is 0.180. The number of hydrogen-bond donors (Lipinski definition) is 1. The molecule has 120 valence electrons. The van der Waals surface area contributed by atoms with Crippen molar-refractivity contribution in [1.82, 2.24) is 14.7 Å². The van der Waals surface area contributed by atoms with Gasteiger partial charge in [-0.05, 0) is 36.8 Å². The van der Waals surface area contributed by atoms with E-state index in [9.17, 15) is 9.59 Å². The normalized spacial score (nSPS) is 17.3. The van der Waals surface area contributed by atoms with Crippen molar-refractivity contribution in [3.63, 3.8) is 0 Å². The van der Waals surface area contributed by atoms with Crippen molar-refractivity contribution < 1.29 is 14.3 Å². The Morgan fingerprint density at radius 1 is 1.26 bits per heavy atom. The van der Waals surface area contributed by atoms with Gasteiger partial charge in [-0.15, -0.1) is 0 Å². The first-order valence-electron chi connectivity index (χ1n) is 7.37. The van der Waals surface area contributed by atoms with Crippen LogP contribution >= 0.6 is 0 Å². The van der Waals surface area contributed by atoms with E-state index in [4.69, 9.17) is 10.5 Å². The summed E-state index contributed by atoms with van der Waals surface area (Å²) in [5.74, 6) is -0.0422. The number of amides is 2.